The van der Waals surface area contributed by atoms with Gasteiger partial charge in [-0.15, -0.1) is 12.4 Å². The molecular weight excluding hydrogens is 260 g/mol. The van der Waals surface area contributed by atoms with Crippen LogP contribution in [0.3, 0.4) is 0 Å². The van der Waals surface area contributed by atoms with Gasteiger partial charge in [0, 0.05) is 13.2 Å². The van der Waals surface area contributed by atoms with Crippen LogP contribution in [0, 0.1) is 0 Å². The van der Waals surface area contributed by atoms with Gasteiger partial charge in [-0.2, -0.15) is 0 Å². The summed E-state index contributed by atoms with van der Waals surface area (Å²) in [5, 5.41) is 0. The molecule has 19 heavy (non-hydrogen) atoms. The molecule has 4 heteroatoms. The van der Waals surface area contributed by atoms with Crippen molar-refractivity contribution in [3.63, 3.8) is 0 Å². The van der Waals surface area contributed by atoms with E-state index in [0.29, 0.717) is 0 Å². The summed E-state index contributed by atoms with van der Waals surface area (Å²) in [4.78, 5) is 4.79. The molecule has 2 heterocycles. The first-order chi connectivity index (χ1) is 8.90. The highest BCUT2D eigenvalue weighted by Gasteiger charge is 2.24. The van der Waals surface area contributed by atoms with Gasteiger partial charge in [-0.1, -0.05) is 25.5 Å². The van der Waals surface area contributed by atoms with Crippen molar-refractivity contribution < 1.29 is 4.74 Å². The lowest BCUT2D eigenvalue weighted by atomic mass is 10.2. The van der Waals surface area contributed by atoms with Gasteiger partial charge in [-0.25, -0.2) is 4.98 Å². The lowest BCUT2D eigenvalue weighted by Gasteiger charge is -2.13. The number of ether oxygens (including phenoxy) is 1. The Morgan fingerprint density at radius 1 is 1.37 bits per heavy atom. The molecule has 2 aromatic rings. The fourth-order valence-electron chi connectivity index (χ4n) is 2.67. The molecule has 3 nitrogen and oxygen atoms in total. The summed E-state index contributed by atoms with van der Waals surface area (Å²) in [6, 6.07) is 8.40. The number of benzene rings is 1. The largest absolute Gasteiger partial charge is 0.370 e. The van der Waals surface area contributed by atoms with Gasteiger partial charge in [0.25, 0.3) is 0 Å². The maximum absolute atomic E-state index is 5.81. The Kier molecular flexibility index (Phi) is 4.83. The molecule has 1 saturated heterocycles. The normalized spacial score (nSPS) is 18.7. The van der Waals surface area contributed by atoms with E-state index in [9.17, 15) is 0 Å². The molecule has 0 N–H and O–H groups in total. The van der Waals surface area contributed by atoms with E-state index in [4.69, 9.17) is 9.72 Å². The Balaban J connectivity index is 0.00000133. The second kappa shape index (κ2) is 6.40. The van der Waals surface area contributed by atoms with Gasteiger partial charge >= 0.3 is 0 Å². The highest BCUT2D eigenvalue weighted by atomic mass is 35.5. The molecule has 1 atom stereocenters. The van der Waals surface area contributed by atoms with Crippen LogP contribution >= 0.6 is 12.4 Å². The predicted molar refractivity (Wildman–Crippen MR) is 79.8 cm³/mol. The first-order valence-electron chi connectivity index (χ1n) is 6.97. The fourth-order valence-corrected chi connectivity index (χ4v) is 2.67. The molecular formula is C15H21ClN2O. The summed E-state index contributed by atoms with van der Waals surface area (Å²) >= 11 is 0. The van der Waals surface area contributed by atoms with E-state index in [1.54, 1.807) is 0 Å². The molecule has 1 aliphatic heterocycles. The second-order valence-corrected chi connectivity index (χ2v) is 4.97. The molecule has 0 aliphatic carbocycles. The zero-order chi connectivity index (χ0) is 12.4. The van der Waals surface area contributed by atoms with Crippen LogP contribution in [0.4, 0.5) is 0 Å². The van der Waals surface area contributed by atoms with Crippen molar-refractivity contribution in [3.05, 3.63) is 30.1 Å². The quantitative estimate of drug-likeness (QED) is 0.843. The number of unbranched alkanes of at least 4 members (excludes halogenated alkanes) is 1. The topological polar surface area (TPSA) is 27.1 Å². The number of para-hydroxylation sites is 2. The Bertz CT molecular complexity index is 532. The maximum Gasteiger partial charge on any atom is 0.139 e. The van der Waals surface area contributed by atoms with Crippen LogP contribution in [0.5, 0.6) is 0 Å². The van der Waals surface area contributed by atoms with Gasteiger partial charge in [0.1, 0.15) is 11.9 Å². The van der Waals surface area contributed by atoms with E-state index in [-0.39, 0.29) is 18.5 Å². The summed E-state index contributed by atoms with van der Waals surface area (Å²) in [5.41, 5.74) is 2.34. The molecule has 0 radical (unpaired) electrons. The van der Waals surface area contributed by atoms with Crippen molar-refractivity contribution in [2.24, 2.45) is 0 Å². The average molecular weight is 281 g/mol. The number of fused-ring (bicyclic) bond motifs is 1. The Morgan fingerprint density at radius 3 is 2.95 bits per heavy atom. The number of halogens is 1. The van der Waals surface area contributed by atoms with Crippen LogP contribution in [-0.4, -0.2) is 16.2 Å². The minimum Gasteiger partial charge on any atom is -0.370 e. The average Bonchev–Trinajstić information content (AvgIpc) is 3.03. The summed E-state index contributed by atoms with van der Waals surface area (Å²) in [6.45, 7) is 4.15. The first kappa shape index (κ1) is 14.4. The molecule has 0 saturated carbocycles. The molecule has 104 valence electrons. The van der Waals surface area contributed by atoms with Crippen LogP contribution in [0.15, 0.2) is 24.3 Å². The third-order valence-corrected chi connectivity index (χ3v) is 3.64. The van der Waals surface area contributed by atoms with Crippen LogP contribution < -0.4 is 0 Å². The number of hydrogen-bond donors (Lipinski definition) is 0. The minimum absolute atomic E-state index is 0. The smallest absolute Gasteiger partial charge is 0.139 e. The van der Waals surface area contributed by atoms with Gasteiger partial charge < -0.3 is 9.30 Å². The van der Waals surface area contributed by atoms with Gasteiger partial charge in [-0.3, -0.25) is 0 Å². The third kappa shape index (κ3) is 2.77. The van der Waals surface area contributed by atoms with Gasteiger partial charge in [0.15, 0.2) is 0 Å². The van der Waals surface area contributed by atoms with Crippen molar-refractivity contribution in [2.45, 2.75) is 45.3 Å². The lowest BCUT2D eigenvalue weighted by molar-refractivity contribution is 0.102. The number of nitrogens with zero attached hydrogens (tertiary/aromatic N) is 2. The zero-order valence-electron chi connectivity index (χ0n) is 11.3. The van der Waals surface area contributed by atoms with E-state index in [2.05, 4.69) is 35.8 Å². The molecule has 3 rings (SSSR count). The van der Waals surface area contributed by atoms with E-state index < -0.39 is 0 Å². The SMILES string of the molecule is CCCCn1c(C2CCCO2)nc2ccccc21.Cl. The van der Waals surface area contributed by atoms with E-state index in [1.165, 1.54) is 18.4 Å². The second-order valence-electron chi connectivity index (χ2n) is 4.97. The minimum atomic E-state index is 0. The molecule has 0 amide bonds. The van der Waals surface area contributed by atoms with Crippen molar-refractivity contribution in [1.82, 2.24) is 9.55 Å². The van der Waals surface area contributed by atoms with Crippen molar-refractivity contribution >= 4 is 23.4 Å². The summed E-state index contributed by atoms with van der Waals surface area (Å²) < 4.78 is 8.16. The Morgan fingerprint density at radius 2 is 2.21 bits per heavy atom. The van der Waals surface area contributed by atoms with Crippen LogP contribution in [0.1, 0.15) is 44.5 Å². The van der Waals surface area contributed by atoms with Crippen LogP contribution in [-0.2, 0) is 11.3 Å². The monoisotopic (exact) mass is 280 g/mol. The molecule has 0 bridgehead atoms. The number of hydrogen-bond acceptors (Lipinski definition) is 2. The van der Waals surface area contributed by atoms with Gasteiger partial charge in [0.05, 0.1) is 11.0 Å². The number of aryl methyl sites for hydroxylation is 1. The maximum atomic E-state index is 5.81. The highest BCUT2D eigenvalue weighted by Crippen LogP contribution is 2.30. The summed E-state index contributed by atoms with van der Waals surface area (Å²) in [6.07, 6.45) is 4.86. The highest BCUT2D eigenvalue weighted by molar-refractivity contribution is 5.85. The standard InChI is InChI=1S/C15H20N2O.ClH/c1-2-3-10-17-13-8-5-4-7-12(13)16-15(17)14-9-6-11-18-14;/h4-5,7-8,14H,2-3,6,9-11H2,1H3;1H. The number of rotatable bonds is 4. The fraction of sp³-hybridized carbons (Fsp3) is 0.533. The van der Waals surface area contributed by atoms with E-state index in [1.807, 2.05) is 0 Å². The lowest BCUT2D eigenvalue weighted by Crippen LogP contribution is -2.08. The molecule has 1 aliphatic rings. The van der Waals surface area contributed by atoms with E-state index >= 15 is 0 Å². The van der Waals surface area contributed by atoms with Crippen LogP contribution in [0.2, 0.25) is 0 Å². The van der Waals surface area contributed by atoms with Crippen molar-refractivity contribution in [2.75, 3.05) is 6.61 Å². The zero-order valence-corrected chi connectivity index (χ0v) is 12.2. The molecule has 0 spiro atoms. The van der Waals surface area contributed by atoms with Crippen molar-refractivity contribution in [1.29, 1.82) is 0 Å². The molecule has 1 fully saturated rings. The third-order valence-electron chi connectivity index (χ3n) is 3.64. The number of aromatic nitrogens is 2. The summed E-state index contributed by atoms with van der Waals surface area (Å²) in [7, 11) is 0. The van der Waals surface area contributed by atoms with Crippen molar-refractivity contribution in [3.8, 4) is 0 Å². The Labute approximate surface area is 120 Å². The van der Waals surface area contributed by atoms with E-state index in [0.717, 1.165) is 37.3 Å². The Hall–Kier alpha value is -1.06. The van der Waals surface area contributed by atoms with Crippen LogP contribution in [0.25, 0.3) is 11.0 Å². The molecule has 1 aromatic carbocycles. The first-order valence-corrected chi connectivity index (χ1v) is 6.97. The van der Waals surface area contributed by atoms with Gasteiger partial charge in [0.2, 0.25) is 0 Å². The number of imidazole rings is 1. The molecule has 1 aromatic heterocycles. The molecule has 1 unspecified atom stereocenters. The predicted octanol–water partition coefficient (Wildman–Crippen LogP) is 4.11. The summed E-state index contributed by atoms with van der Waals surface area (Å²) in [5.74, 6) is 1.13. The van der Waals surface area contributed by atoms with Gasteiger partial charge in [-0.05, 0) is 31.4 Å².